The van der Waals surface area contributed by atoms with Crippen LogP contribution in [0.4, 0.5) is 10.5 Å². The van der Waals surface area contributed by atoms with Gasteiger partial charge in [-0.2, -0.15) is 0 Å². The van der Waals surface area contributed by atoms with Crippen molar-refractivity contribution in [3.63, 3.8) is 0 Å². The summed E-state index contributed by atoms with van der Waals surface area (Å²) in [7, 11) is 2.52. The molecule has 29 heavy (non-hydrogen) atoms. The SMILES string of the molecule is COC(=O)c1cc(NC(=O)N2CCN(C3CCCCC3)CC2)cc(C(=O)OC)c1. The molecule has 0 spiro atoms. The van der Waals surface area contributed by atoms with E-state index in [-0.39, 0.29) is 17.2 Å². The van der Waals surface area contributed by atoms with Crippen LogP contribution in [-0.2, 0) is 9.47 Å². The number of benzene rings is 1. The predicted molar refractivity (Wildman–Crippen MR) is 108 cm³/mol. The molecular formula is C21H29N3O5. The van der Waals surface area contributed by atoms with Gasteiger partial charge in [0, 0.05) is 37.9 Å². The summed E-state index contributed by atoms with van der Waals surface area (Å²) in [5.41, 5.74) is 0.702. The highest BCUT2D eigenvalue weighted by molar-refractivity contribution is 5.99. The molecule has 1 aromatic carbocycles. The largest absolute Gasteiger partial charge is 0.465 e. The van der Waals surface area contributed by atoms with Gasteiger partial charge in [0.25, 0.3) is 0 Å². The summed E-state index contributed by atoms with van der Waals surface area (Å²) >= 11 is 0. The number of hydrogen-bond acceptors (Lipinski definition) is 6. The number of anilines is 1. The van der Waals surface area contributed by atoms with E-state index in [4.69, 9.17) is 9.47 Å². The van der Waals surface area contributed by atoms with Crippen LogP contribution in [0.1, 0.15) is 52.8 Å². The van der Waals surface area contributed by atoms with Crippen LogP contribution in [0, 0.1) is 0 Å². The fourth-order valence-electron chi connectivity index (χ4n) is 4.11. The van der Waals surface area contributed by atoms with Crippen LogP contribution in [0.15, 0.2) is 18.2 Å². The number of amides is 2. The van der Waals surface area contributed by atoms with Gasteiger partial charge < -0.3 is 19.7 Å². The molecule has 2 amide bonds. The Labute approximate surface area is 171 Å². The lowest BCUT2D eigenvalue weighted by molar-refractivity contribution is 0.0599. The van der Waals surface area contributed by atoms with E-state index in [1.807, 2.05) is 0 Å². The number of nitrogens with zero attached hydrogens (tertiary/aromatic N) is 2. The van der Waals surface area contributed by atoms with Crippen molar-refractivity contribution in [2.24, 2.45) is 0 Å². The van der Waals surface area contributed by atoms with E-state index in [2.05, 4.69) is 10.2 Å². The maximum absolute atomic E-state index is 12.7. The minimum absolute atomic E-state index is 0.174. The molecule has 0 unspecified atom stereocenters. The zero-order valence-electron chi connectivity index (χ0n) is 17.1. The van der Waals surface area contributed by atoms with Crippen molar-refractivity contribution in [1.29, 1.82) is 0 Å². The maximum Gasteiger partial charge on any atom is 0.337 e. The molecule has 1 heterocycles. The van der Waals surface area contributed by atoms with E-state index in [0.717, 1.165) is 13.1 Å². The van der Waals surface area contributed by atoms with Crippen molar-refractivity contribution in [3.05, 3.63) is 29.3 Å². The molecule has 1 saturated heterocycles. The number of hydrogen-bond donors (Lipinski definition) is 1. The Morgan fingerprint density at radius 1 is 0.862 bits per heavy atom. The van der Waals surface area contributed by atoms with E-state index in [0.29, 0.717) is 24.8 Å². The third-order valence-electron chi connectivity index (χ3n) is 5.72. The topological polar surface area (TPSA) is 88.2 Å². The first-order chi connectivity index (χ1) is 14.0. The minimum atomic E-state index is -0.590. The molecule has 8 nitrogen and oxygen atoms in total. The number of carbonyl (C=O) groups excluding carboxylic acids is 3. The zero-order valence-corrected chi connectivity index (χ0v) is 17.1. The monoisotopic (exact) mass is 403 g/mol. The number of rotatable bonds is 4. The Bertz CT molecular complexity index is 718. The molecule has 2 aliphatic rings. The van der Waals surface area contributed by atoms with Crippen LogP contribution < -0.4 is 5.32 Å². The lowest BCUT2D eigenvalue weighted by Crippen LogP contribution is -2.53. The maximum atomic E-state index is 12.7. The summed E-state index contributed by atoms with van der Waals surface area (Å²) in [6, 6.07) is 4.78. The lowest BCUT2D eigenvalue weighted by atomic mass is 9.94. The highest BCUT2D eigenvalue weighted by atomic mass is 16.5. The fourth-order valence-corrected chi connectivity index (χ4v) is 4.11. The molecule has 158 valence electrons. The molecule has 1 saturated carbocycles. The molecule has 1 aromatic rings. The van der Waals surface area contributed by atoms with Crippen LogP contribution >= 0.6 is 0 Å². The van der Waals surface area contributed by atoms with Gasteiger partial charge in [-0.3, -0.25) is 4.90 Å². The molecule has 3 rings (SSSR count). The zero-order chi connectivity index (χ0) is 20.8. The van der Waals surface area contributed by atoms with Crippen molar-refractivity contribution in [2.75, 3.05) is 45.7 Å². The molecule has 0 radical (unpaired) electrons. The number of ether oxygens (including phenoxy) is 2. The van der Waals surface area contributed by atoms with Gasteiger partial charge in [-0.25, -0.2) is 14.4 Å². The van der Waals surface area contributed by atoms with Crippen LogP contribution in [0.2, 0.25) is 0 Å². The number of nitrogens with one attached hydrogen (secondary N) is 1. The Hall–Kier alpha value is -2.61. The summed E-state index contributed by atoms with van der Waals surface area (Å²) in [6.07, 6.45) is 6.43. The Kier molecular flexibility index (Phi) is 7.09. The van der Waals surface area contributed by atoms with Crippen LogP contribution in [0.5, 0.6) is 0 Å². The molecule has 1 N–H and O–H groups in total. The van der Waals surface area contributed by atoms with Gasteiger partial charge >= 0.3 is 18.0 Å². The van der Waals surface area contributed by atoms with Gasteiger partial charge in [0.1, 0.15) is 0 Å². The van der Waals surface area contributed by atoms with Crippen LogP contribution in [-0.4, -0.2) is 74.2 Å². The van der Waals surface area contributed by atoms with Gasteiger partial charge in [-0.05, 0) is 31.0 Å². The highest BCUT2D eigenvalue weighted by Gasteiger charge is 2.27. The smallest absolute Gasteiger partial charge is 0.337 e. The third-order valence-corrected chi connectivity index (χ3v) is 5.72. The summed E-state index contributed by atoms with van der Waals surface area (Å²) in [5.74, 6) is -1.18. The van der Waals surface area contributed by atoms with E-state index < -0.39 is 11.9 Å². The van der Waals surface area contributed by atoms with E-state index in [1.54, 1.807) is 4.90 Å². The van der Waals surface area contributed by atoms with Gasteiger partial charge in [0.2, 0.25) is 0 Å². The molecule has 8 heteroatoms. The van der Waals surface area contributed by atoms with Gasteiger partial charge in [-0.15, -0.1) is 0 Å². The second-order valence-corrected chi connectivity index (χ2v) is 7.53. The molecule has 0 aromatic heterocycles. The standard InChI is InChI=1S/C21H29N3O5/c1-28-19(25)15-12-16(20(26)29-2)14-17(13-15)22-21(27)24-10-8-23(9-11-24)18-6-4-3-5-7-18/h12-14,18H,3-11H2,1-2H3,(H,22,27). The third kappa shape index (κ3) is 5.26. The molecule has 1 aliphatic heterocycles. The van der Waals surface area contributed by atoms with Crippen molar-refractivity contribution >= 4 is 23.7 Å². The molecule has 0 atom stereocenters. The molecule has 2 fully saturated rings. The molecule has 0 bridgehead atoms. The van der Waals surface area contributed by atoms with Crippen molar-refractivity contribution in [2.45, 2.75) is 38.1 Å². The summed E-state index contributed by atoms with van der Waals surface area (Å²) in [5, 5.41) is 2.80. The summed E-state index contributed by atoms with van der Waals surface area (Å²) < 4.78 is 9.46. The lowest BCUT2D eigenvalue weighted by Gasteiger charge is -2.40. The predicted octanol–water partition coefficient (Wildman–Crippen LogP) is 2.74. The van der Waals surface area contributed by atoms with Crippen molar-refractivity contribution in [3.8, 4) is 0 Å². The fraction of sp³-hybridized carbons (Fsp3) is 0.571. The van der Waals surface area contributed by atoms with Gasteiger partial charge in [0.05, 0.1) is 25.3 Å². The van der Waals surface area contributed by atoms with Crippen molar-refractivity contribution in [1.82, 2.24) is 9.80 Å². The Morgan fingerprint density at radius 2 is 1.41 bits per heavy atom. The second kappa shape index (κ2) is 9.73. The summed E-state index contributed by atoms with van der Waals surface area (Å²) in [4.78, 5) is 40.8. The van der Waals surface area contributed by atoms with E-state index in [1.165, 1.54) is 64.5 Å². The number of piperazine rings is 1. The normalized spacial score (nSPS) is 18.2. The first-order valence-corrected chi connectivity index (χ1v) is 10.1. The number of esters is 2. The number of urea groups is 1. The summed E-state index contributed by atoms with van der Waals surface area (Å²) in [6.45, 7) is 3.05. The Morgan fingerprint density at radius 3 is 1.93 bits per heavy atom. The first kappa shape index (κ1) is 21.1. The minimum Gasteiger partial charge on any atom is -0.465 e. The van der Waals surface area contributed by atoms with Gasteiger partial charge in [-0.1, -0.05) is 19.3 Å². The highest BCUT2D eigenvalue weighted by Crippen LogP contribution is 2.24. The van der Waals surface area contributed by atoms with E-state index in [9.17, 15) is 14.4 Å². The Balaban J connectivity index is 1.64. The van der Waals surface area contributed by atoms with Crippen molar-refractivity contribution < 1.29 is 23.9 Å². The quantitative estimate of drug-likeness (QED) is 0.778. The second-order valence-electron chi connectivity index (χ2n) is 7.53. The average Bonchev–Trinajstić information content (AvgIpc) is 2.78. The molecule has 1 aliphatic carbocycles. The average molecular weight is 403 g/mol. The first-order valence-electron chi connectivity index (χ1n) is 10.1. The number of carbonyl (C=O) groups is 3. The number of methoxy groups -OCH3 is 2. The molecular weight excluding hydrogens is 374 g/mol. The van der Waals surface area contributed by atoms with E-state index >= 15 is 0 Å². The van der Waals surface area contributed by atoms with Gasteiger partial charge in [0.15, 0.2) is 0 Å². The van der Waals surface area contributed by atoms with Crippen LogP contribution in [0.25, 0.3) is 0 Å². The van der Waals surface area contributed by atoms with Crippen LogP contribution in [0.3, 0.4) is 0 Å².